The van der Waals surface area contributed by atoms with E-state index in [0.29, 0.717) is 12.1 Å². The summed E-state index contributed by atoms with van der Waals surface area (Å²) in [6, 6.07) is 7.58. The van der Waals surface area contributed by atoms with Crippen LogP contribution in [0.4, 0.5) is 0 Å². The van der Waals surface area contributed by atoms with Crippen molar-refractivity contribution in [2.24, 2.45) is 5.92 Å². The van der Waals surface area contributed by atoms with Crippen molar-refractivity contribution in [3.8, 4) is 0 Å². The summed E-state index contributed by atoms with van der Waals surface area (Å²) in [6.45, 7) is 2.36. The van der Waals surface area contributed by atoms with E-state index in [0.717, 1.165) is 10.9 Å². The Morgan fingerprint density at radius 1 is 1.22 bits per heavy atom. The number of hydrogen-bond donors (Lipinski definition) is 1. The number of fused-ring (bicyclic) bond motifs is 1. The molecule has 1 nitrogen and oxygen atoms in total. The molecule has 0 amide bonds. The summed E-state index contributed by atoms with van der Waals surface area (Å²) in [6.07, 6.45) is 8.07. The van der Waals surface area contributed by atoms with E-state index < -0.39 is 0 Å². The van der Waals surface area contributed by atoms with Gasteiger partial charge in [0.2, 0.25) is 0 Å². The summed E-state index contributed by atoms with van der Waals surface area (Å²) in [5.74, 6) is 0.890. The van der Waals surface area contributed by atoms with E-state index in [1.807, 2.05) is 6.07 Å². The first-order valence-corrected chi connectivity index (χ1v) is 7.66. The van der Waals surface area contributed by atoms with Crippen LogP contribution in [0.5, 0.6) is 0 Å². The van der Waals surface area contributed by atoms with Gasteiger partial charge in [0, 0.05) is 17.1 Å². The molecule has 0 bridgehead atoms. The maximum absolute atomic E-state index is 6.06. The summed E-state index contributed by atoms with van der Waals surface area (Å²) in [4.78, 5) is 0. The first kappa shape index (κ1) is 12.5. The van der Waals surface area contributed by atoms with Crippen LogP contribution in [0.2, 0.25) is 5.02 Å². The van der Waals surface area contributed by atoms with Gasteiger partial charge in [-0.3, -0.25) is 0 Å². The van der Waals surface area contributed by atoms with E-state index >= 15 is 0 Å². The zero-order chi connectivity index (χ0) is 12.5. The predicted molar refractivity (Wildman–Crippen MR) is 77.1 cm³/mol. The molecule has 18 heavy (non-hydrogen) atoms. The summed E-state index contributed by atoms with van der Waals surface area (Å²) in [5.41, 5.74) is 2.92. The van der Waals surface area contributed by atoms with E-state index in [1.165, 1.54) is 49.7 Å². The average Bonchev–Trinajstić information content (AvgIpc) is 2.98. The van der Waals surface area contributed by atoms with E-state index in [2.05, 4.69) is 24.4 Å². The second-order valence-electron chi connectivity index (χ2n) is 5.93. The first-order valence-electron chi connectivity index (χ1n) is 7.28. The molecule has 1 aromatic carbocycles. The average molecular weight is 264 g/mol. The van der Waals surface area contributed by atoms with Gasteiger partial charge in [0.15, 0.2) is 0 Å². The molecule has 2 aliphatic carbocycles. The largest absolute Gasteiger partial charge is 0.307 e. The lowest BCUT2D eigenvalue weighted by Crippen LogP contribution is -2.34. The van der Waals surface area contributed by atoms with Crippen molar-refractivity contribution in [2.75, 3.05) is 0 Å². The minimum absolute atomic E-state index is 0.549. The highest BCUT2D eigenvalue weighted by molar-refractivity contribution is 6.30. The van der Waals surface area contributed by atoms with Gasteiger partial charge in [-0.05, 0) is 61.8 Å². The standard InChI is InChI=1S/C16H22ClN/c1-11(12-4-2-3-5-12)18-16-9-6-13-10-14(17)7-8-15(13)16/h7-8,10-12,16,18H,2-6,9H2,1H3/t11-,16?/m1/s1. The Balaban J connectivity index is 1.68. The number of nitrogens with one attached hydrogen (secondary N) is 1. The molecule has 0 spiro atoms. The van der Waals surface area contributed by atoms with E-state index in [4.69, 9.17) is 11.6 Å². The highest BCUT2D eigenvalue weighted by atomic mass is 35.5. The zero-order valence-electron chi connectivity index (χ0n) is 11.1. The fourth-order valence-corrected chi connectivity index (χ4v) is 3.86. The Hall–Kier alpha value is -0.530. The van der Waals surface area contributed by atoms with Crippen molar-refractivity contribution in [1.29, 1.82) is 0 Å². The third-order valence-corrected chi connectivity index (χ3v) is 4.99. The van der Waals surface area contributed by atoms with Crippen LogP contribution in [0, 0.1) is 5.92 Å². The minimum Gasteiger partial charge on any atom is -0.307 e. The molecule has 2 aliphatic rings. The molecular formula is C16H22ClN. The van der Waals surface area contributed by atoms with Crippen molar-refractivity contribution in [3.63, 3.8) is 0 Å². The molecule has 98 valence electrons. The van der Waals surface area contributed by atoms with Crippen LogP contribution >= 0.6 is 11.6 Å². The zero-order valence-corrected chi connectivity index (χ0v) is 11.8. The number of benzene rings is 1. The Morgan fingerprint density at radius 3 is 2.78 bits per heavy atom. The summed E-state index contributed by atoms with van der Waals surface area (Å²) >= 11 is 6.06. The highest BCUT2D eigenvalue weighted by Crippen LogP contribution is 2.35. The monoisotopic (exact) mass is 263 g/mol. The molecule has 1 aromatic rings. The molecule has 3 rings (SSSR count). The number of rotatable bonds is 3. The third kappa shape index (κ3) is 2.44. The predicted octanol–water partition coefficient (Wildman–Crippen LogP) is 4.50. The van der Waals surface area contributed by atoms with Gasteiger partial charge in [0.25, 0.3) is 0 Å². The number of hydrogen-bond acceptors (Lipinski definition) is 1. The van der Waals surface area contributed by atoms with Crippen LogP contribution in [0.3, 0.4) is 0 Å². The fourth-order valence-electron chi connectivity index (χ4n) is 3.67. The molecule has 0 saturated heterocycles. The molecule has 1 N–H and O–H groups in total. The van der Waals surface area contributed by atoms with Gasteiger partial charge in [-0.1, -0.05) is 30.5 Å². The van der Waals surface area contributed by atoms with Gasteiger partial charge in [0.1, 0.15) is 0 Å². The topological polar surface area (TPSA) is 12.0 Å². The van der Waals surface area contributed by atoms with E-state index in [1.54, 1.807) is 0 Å². The summed E-state index contributed by atoms with van der Waals surface area (Å²) in [5, 5.41) is 4.73. The maximum atomic E-state index is 6.06. The first-order chi connectivity index (χ1) is 8.74. The third-order valence-electron chi connectivity index (χ3n) is 4.75. The van der Waals surface area contributed by atoms with Crippen LogP contribution in [0.15, 0.2) is 18.2 Å². The Morgan fingerprint density at radius 2 is 2.00 bits per heavy atom. The molecule has 1 fully saturated rings. The lowest BCUT2D eigenvalue weighted by molar-refractivity contribution is 0.342. The molecular weight excluding hydrogens is 242 g/mol. The molecule has 0 radical (unpaired) electrons. The van der Waals surface area contributed by atoms with Gasteiger partial charge in [-0.15, -0.1) is 0 Å². The number of halogens is 1. The molecule has 0 aliphatic heterocycles. The van der Waals surface area contributed by atoms with E-state index in [-0.39, 0.29) is 0 Å². The van der Waals surface area contributed by atoms with Gasteiger partial charge >= 0.3 is 0 Å². The van der Waals surface area contributed by atoms with E-state index in [9.17, 15) is 0 Å². The van der Waals surface area contributed by atoms with Crippen molar-refractivity contribution < 1.29 is 0 Å². The van der Waals surface area contributed by atoms with Gasteiger partial charge in [-0.25, -0.2) is 0 Å². The van der Waals surface area contributed by atoms with Crippen LogP contribution in [0.1, 0.15) is 56.2 Å². The van der Waals surface area contributed by atoms with Gasteiger partial charge < -0.3 is 5.32 Å². The van der Waals surface area contributed by atoms with Crippen molar-refractivity contribution in [1.82, 2.24) is 5.32 Å². The van der Waals surface area contributed by atoms with Crippen LogP contribution < -0.4 is 5.32 Å². The summed E-state index contributed by atoms with van der Waals surface area (Å²) < 4.78 is 0. The quantitative estimate of drug-likeness (QED) is 0.847. The second-order valence-corrected chi connectivity index (χ2v) is 6.37. The van der Waals surface area contributed by atoms with Crippen LogP contribution in [0.25, 0.3) is 0 Å². The van der Waals surface area contributed by atoms with Crippen LogP contribution in [-0.2, 0) is 6.42 Å². The van der Waals surface area contributed by atoms with Crippen LogP contribution in [-0.4, -0.2) is 6.04 Å². The van der Waals surface area contributed by atoms with Gasteiger partial charge in [0.05, 0.1) is 0 Å². The molecule has 1 unspecified atom stereocenters. The normalized spacial score (nSPS) is 25.3. The molecule has 0 aromatic heterocycles. The minimum atomic E-state index is 0.549. The van der Waals surface area contributed by atoms with Crippen molar-refractivity contribution in [3.05, 3.63) is 34.3 Å². The van der Waals surface area contributed by atoms with Gasteiger partial charge in [-0.2, -0.15) is 0 Å². The fraction of sp³-hybridized carbons (Fsp3) is 0.625. The Bertz CT molecular complexity index is 423. The SMILES string of the molecule is C[C@@H](NC1CCc2cc(Cl)ccc21)C1CCCC1. The Kier molecular flexibility index (Phi) is 3.63. The lowest BCUT2D eigenvalue weighted by Gasteiger charge is -2.25. The maximum Gasteiger partial charge on any atom is 0.0408 e. The summed E-state index contributed by atoms with van der Waals surface area (Å²) in [7, 11) is 0. The Labute approximate surface area is 115 Å². The highest BCUT2D eigenvalue weighted by Gasteiger charge is 2.27. The van der Waals surface area contributed by atoms with Crippen molar-refractivity contribution >= 4 is 11.6 Å². The van der Waals surface area contributed by atoms with Crippen molar-refractivity contribution in [2.45, 2.75) is 57.5 Å². The smallest absolute Gasteiger partial charge is 0.0408 e. The molecule has 0 heterocycles. The molecule has 2 heteroatoms. The molecule has 1 saturated carbocycles. The lowest BCUT2D eigenvalue weighted by atomic mass is 9.98. The second kappa shape index (κ2) is 5.22. The number of aryl methyl sites for hydroxylation is 1. The molecule has 2 atom stereocenters.